The Labute approximate surface area is 194 Å². The maximum atomic E-state index is 12.6. The van der Waals surface area contributed by atoms with Gasteiger partial charge in [-0.3, -0.25) is 4.79 Å². The number of nitrogens with zero attached hydrogens (tertiary/aromatic N) is 1. The average molecular weight is 615 g/mol. The van der Waals surface area contributed by atoms with E-state index in [1.54, 1.807) is 0 Å². The van der Waals surface area contributed by atoms with Crippen molar-refractivity contribution in [3.63, 3.8) is 0 Å². The van der Waals surface area contributed by atoms with Crippen LogP contribution in [-0.4, -0.2) is 10.9 Å². The molecule has 1 aromatic heterocycles. The molecule has 1 amide bonds. The van der Waals surface area contributed by atoms with Crippen molar-refractivity contribution in [1.82, 2.24) is 4.98 Å². The smallest absolute Gasteiger partial charge is 0.256 e. The van der Waals surface area contributed by atoms with Crippen molar-refractivity contribution < 1.29 is 9.21 Å². The van der Waals surface area contributed by atoms with Crippen LogP contribution < -0.4 is 5.32 Å². The predicted molar refractivity (Wildman–Crippen MR) is 128 cm³/mol. The van der Waals surface area contributed by atoms with E-state index < -0.39 is 0 Å². The first kappa shape index (κ1) is 19.7. The van der Waals surface area contributed by atoms with Gasteiger partial charge in [-0.05, 0) is 99.3 Å². The van der Waals surface area contributed by atoms with Crippen LogP contribution in [0.1, 0.15) is 21.8 Å². The second-order valence-electron chi connectivity index (χ2n) is 6.17. The third-order valence-corrected chi connectivity index (χ3v) is 6.00. The minimum atomic E-state index is -0.146. The summed E-state index contributed by atoms with van der Waals surface area (Å²) in [6.07, 6.45) is 0.578. The third-order valence-electron chi connectivity index (χ3n) is 4.13. The van der Waals surface area contributed by atoms with Crippen LogP contribution in [0, 0.1) is 7.14 Å². The Morgan fingerprint density at radius 2 is 1.82 bits per heavy atom. The monoisotopic (exact) mass is 614 g/mol. The summed E-state index contributed by atoms with van der Waals surface area (Å²) in [5.41, 5.74) is 3.79. The molecule has 4 rings (SSSR count). The van der Waals surface area contributed by atoms with Crippen LogP contribution in [0.5, 0.6) is 0 Å². The number of fused-ring (bicyclic) bond motifs is 1. The zero-order valence-electron chi connectivity index (χ0n) is 14.4. The number of hydrogen-bond donors (Lipinski definition) is 1. The van der Waals surface area contributed by atoms with E-state index in [0.717, 1.165) is 12.7 Å². The lowest BCUT2D eigenvalue weighted by Crippen LogP contribution is -2.13. The summed E-state index contributed by atoms with van der Waals surface area (Å²) >= 11 is 10.3. The largest absolute Gasteiger partial charge is 0.440 e. The molecule has 0 radical (unpaired) electrons. The van der Waals surface area contributed by atoms with Crippen molar-refractivity contribution in [2.75, 3.05) is 5.32 Å². The van der Waals surface area contributed by atoms with Crippen molar-refractivity contribution in [3.05, 3.63) is 89.8 Å². The third kappa shape index (κ3) is 4.49. The second kappa shape index (κ2) is 8.38. The molecule has 1 N–H and O–H groups in total. The van der Waals surface area contributed by atoms with Crippen LogP contribution in [0.15, 0.2) is 65.1 Å². The van der Waals surface area contributed by atoms with Gasteiger partial charge in [-0.2, -0.15) is 0 Å². The molecule has 0 bridgehead atoms. The Morgan fingerprint density at radius 3 is 2.61 bits per heavy atom. The molecule has 0 saturated heterocycles. The lowest BCUT2D eigenvalue weighted by Gasteiger charge is -2.07. The van der Waals surface area contributed by atoms with Gasteiger partial charge in [0.2, 0.25) is 0 Å². The van der Waals surface area contributed by atoms with E-state index in [1.165, 1.54) is 0 Å². The molecule has 4 aromatic rings. The Balaban J connectivity index is 1.55. The number of hydrogen-bond acceptors (Lipinski definition) is 3. The van der Waals surface area contributed by atoms with E-state index in [-0.39, 0.29) is 5.91 Å². The van der Waals surface area contributed by atoms with E-state index in [2.05, 4.69) is 55.5 Å². The number of carbonyl (C=O) groups is 1. The number of carbonyl (C=O) groups excluding carboxylic acids is 1. The number of nitrogens with one attached hydrogen (secondary N) is 1. The van der Waals surface area contributed by atoms with Gasteiger partial charge in [-0.25, -0.2) is 4.98 Å². The molecule has 3 aromatic carbocycles. The highest BCUT2D eigenvalue weighted by Gasteiger charge is 2.13. The summed E-state index contributed by atoms with van der Waals surface area (Å²) in [6, 6.07) is 18.8. The molecule has 0 aliphatic rings. The quantitative estimate of drug-likeness (QED) is 0.266. The molecule has 7 heteroatoms. The molecule has 140 valence electrons. The van der Waals surface area contributed by atoms with Gasteiger partial charge in [0.1, 0.15) is 5.52 Å². The van der Waals surface area contributed by atoms with Gasteiger partial charge in [-0.1, -0.05) is 23.7 Å². The molecule has 0 fully saturated rings. The highest BCUT2D eigenvalue weighted by molar-refractivity contribution is 14.1. The van der Waals surface area contributed by atoms with E-state index >= 15 is 0 Å². The number of oxazole rings is 1. The van der Waals surface area contributed by atoms with Crippen molar-refractivity contribution in [3.8, 4) is 0 Å². The van der Waals surface area contributed by atoms with E-state index in [9.17, 15) is 4.79 Å². The molecule has 0 atom stereocenters. The highest BCUT2D eigenvalue weighted by atomic mass is 127. The first-order chi connectivity index (χ1) is 13.5. The van der Waals surface area contributed by atoms with Gasteiger partial charge in [0.05, 0.1) is 5.56 Å². The van der Waals surface area contributed by atoms with Gasteiger partial charge in [-0.15, -0.1) is 0 Å². The highest BCUT2D eigenvalue weighted by Crippen LogP contribution is 2.23. The molecule has 0 aliphatic heterocycles. The number of aromatic nitrogens is 1. The topological polar surface area (TPSA) is 55.1 Å². The predicted octanol–water partition coefficient (Wildman–Crippen LogP) is 6.53. The number of amides is 1. The van der Waals surface area contributed by atoms with E-state index in [4.69, 9.17) is 16.0 Å². The lowest BCUT2D eigenvalue weighted by atomic mass is 10.1. The lowest BCUT2D eigenvalue weighted by molar-refractivity contribution is 0.102. The van der Waals surface area contributed by atoms with Crippen molar-refractivity contribution in [2.24, 2.45) is 0 Å². The number of anilines is 1. The molecular weight excluding hydrogens is 602 g/mol. The SMILES string of the molecule is O=C(Nc1ccc2oc(Cc3ccc(Cl)cc3)nc2c1)c1cc(I)ccc1I. The number of benzene rings is 3. The Morgan fingerprint density at radius 1 is 1.04 bits per heavy atom. The minimum absolute atomic E-state index is 0.146. The number of rotatable bonds is 4. The zero-order valence-corrected chi connectivity index (χ0v) is 19.4. The normalized spacial score (nSPS) is 11.0. The Bertz CT molecular complexity index is 1170. The molecule has 0 spiro atoms. The minimum Gasteiger partial charge on any atom is -0.440 e. The van der Waals surface area contributed by atoms with Crippen LogP contribution in [-0.2, 0) is 6.42 Å². The van der Waals surface area contributed by atoms with Crippen LogP contribution in [0.4, 0.5) is 5.69 Å². The molecular formula is C21H13ClI2N2O2. The van der Waals surface area contributed by atoms with Gasteiger partial charge < -0.3 is 9.73 Å². The molecule has 0 aliphatic carbocycles. The molecule has 0 unspecified atom stereocenters. The molecule has 1 heterocycles. The van der Waals surface area contributed by atoms with E-state index in [0.29, 0.717) is 39.7 Å². The first-order valence-corrected chi connectivity index (χ1v) is 10.9. The van der Waals surface area contributed by atoms with Crippen molar-refractivity contribution >= 4 is 79.5 Å². The summed E-state index contributed by atoms with van der Waals surface area (Å²) in [6.45, 7) is 0. The molecule has 28 heavy (non-hydrogen) atoms. The van der Waals surface area contributed by atoms with Crippen LogP contribution >= 0.6 is 56.8 Å². The molecule has 0 saturated carbocycles. The van der Waals surface area contributed by atoms with Gasteiger partial charge in [0.15, 0.2) is 11.5 Å². The van der Waals surface area contributed by atoms with Crippen LogP contribution in [0.3, 0.4) is 0 Å². The first-order valence-electron chi connectivity index (χ1n) is 8.38. The fourth-order valence-corrected chi connectivity index (χ4v) is 3.97. The van der Waals surface area contributed by atoms with Crippen molar-refractivity contribution in [1.29, 1.82) is 0 Å². The van der Waals surface area contributed by atoms with Gasteiger partial charge >= 0.3 is 0 Å². The summed E-state index contributed by atoms with van der Waals surface area (Å²) in [5.74, 6) is 0.472. The fraction of sp³-hybridized carbons (Fsp3) is 0.0476. The summed E-state index contributed by atoms with van der Waals surface area (Å²) < 4.78 is 7.74. The average Bonchev–Trinajstić information content (AvgIpc) is 3.07. The Kier molecular flexibility index (Phi) is 5.88. The zero-order chi connectivity index (χ0) is 19.7. The molecule has 4 nitrogen and oxygen atoms in total. The van der Waals surface area contributed by atoms with Crippen LogP contribution in [0.25, 0.3) is 11.1 Å². The second-order valence-corrected chi connectivity index (χ2v) is 9.02. The summed E-state index contributed by atoms with van der Waals surface area (Å²) in [7, 11) is 0. The number of halogens is 3. The van der Waals surface area contributed by atoms with E-state index in [1.807, 2.05) is 60.7 Å². The van der Waals surface area contributed by atoms with Gasteiger partial charge in [0, 0.05) is 24.3 Å². The maximum absolute atomic E-state index is 12.6. The Hall–Kier alpha value is -1.65. The standard InChI is InChI=1S/C21H13ClI2N2O2/c22-13-3-1-12(2-4-13)9-20-26-18-11-15(6-8-19(18)28-20)25-21(27)16-10-14(23)5-7-17(16)24/h1-8,10-11H,9H2,(H,25,27). The summed E-state index contributed by atoms with van der Waals surface area (Å²) in [4.78, 5) is 17.2. The maximum Gasteiger partial charge on any atom is 0.256 e. The van der Waals surface area contributed by atoms with Crippen LogP contribution in [0.2, 0.25) is 5.02 Å². The summed E-state index contributed by atoms with van der Waals surface area (Å²) in [5, 5.41) is 3.64. The fourth-order valence-electron chi connectivity index (χ4n) is 2.78. The van der Waals surface area contributed by atoms with Crippen molar-refractivity contribution in [2.45, 2.75) is 6.42 Å². The van der Waals surface area contributed by atoms with Gasteiger partial charge in [0.25, 0.3) is 5.91 Å².